The highest BCUT2D eigenvalue weighted by Crippen LogP contribution is 2.18. The second kappa shape index (κ2) is 6.81. The van der Waals surface area contributed by atoms with E-state index in [1.165, 1.54) is 24.3 Å². The fourth-order valence-corrected chi connectivity index (χ4v) is 1.95. The number of nitrogens with two attached hydrogens (primary N) is 1. The normalized spacial score (nSPS) is 10.3. The number of amides is 1. The maximum absolute atomic E-state index is 11.7. The van der Waals surface area contributed by atoms with E-state index < -0.39 is 4.92 Å². The van der Waals surface area contributed by atoms with Gasteiger partial charge in [-0.25, -0.2) is 0 Å². The number of non-ortho nitro benzene ring substituents is 1. The molecule has 10 heteroatoms. The molecule has 1 amide bonds. The Labute approximate surface area is 123 Å². The zero-order chi connectivity index (χ0) is 15.2. The molecule has 0 fully saturated rings. The van der Waals surface area contributed by atoms with Crippen LogP contribution in [-0.4, -0.2) is 26.8 Å². The van der Waals surface area contributed by atoms with E-state index in [0.29, 0.717) is 11.6 Å². The first-order valence-corrected chi connectivity index (χ1v) is 6.76. The second-order valence-corrected chi connectivity index (χ2v) is 4.73. The molecule has 0 bridgehead atoms. The number of rotatable bonds is 6. The SMILES string of the molecule is NCc1nnc(SCC(=O)Nc2ccc([N+](=O)[O-])cc2)o1. The summed E-state index contributed by atoms with van der Waals surface area (Å²) < 4.78 is 5.14. The zero-order valence-corrected chi connectivity index (χ0v) is 11.5. The summed E-state index contributed by atoms with van der Waals surface area (Å²) in [6, 6.07) is 5.54. The molecule has 1 aromatic carbocycles. The van der Waals surface area contributed by atoms with Crippen LogP contribution in [0.1, 0.15) is 5.89 Å². The number of aromatic nitrogens is 2. The molecule has 0 aliphatic heterocycles. The quantitative estimate of drug-likeness (QED) is 0.460. The standard InChI is InChI=1S/C11H11N5O4S/c12-5-10-14-15-11(20-10)21-6-9(17)13-7-1-3-8(4-2-7)16(18)19/h1-4H,5-6,12H2,(H,13,17). The summed E-state index contributed by atoms with van der Waals surface area (Å²) in [5.74, 6) is 0.0815. The molecule has 0 aliphatic rings. The van der Waals surface area contributed by atoms with Crippen molar-refractivity contribution >= 4 is 29.0 Å². The van der Waals surface area contributed by atoms with Gasteiger partial charge in [0.1, 0.15) is 0 Å². The third kappa shape index (κ3) is 4.26. The number of nitrogens with one attached hydrogen (secondary N) is 1. The van der Waals surface area contributed by atoms with E-state index in [9.17, 15) is 14.9 Å². The molecular weight excluding hydrogens is 298 g/mol. The van der Waals surface area contributed by atoms with Crippen molar-refractivity contribution in [3.05, 3.63) is 40.3 Å². The van der Waals surface area contributed by atoms with E-state index in [2.05, 4.69) is 15.5 Å². The van der Waals surface area contributed by atoms with Gasteiger partial charge in [0.2, 0.25) is 11.8 Å². The monoisotopic (exact) mass is 309 g/mol. The van der Waals surface area contributed by atoms with Gasteiger partial charge in [0.05, 0.1) is 17.2 Å². The van der Waals surface area contributed by atoms with Crippen LogP contribution in [-0.2, 0) is 11.3 Å². The number of nitrogens with zero attached hydrogens (tertiary/aromatic N) is 3. The highest BCUT2D eigenvalue weighted by atomic mass is 32.2. The first-order valence-electron chi connectivity index (χ1n) is 5.78. The van der Waals surface area contributed by atoms with Gasteiger partial charge >= 0.3 is 0 Å². The molecule has 2 aromatic rings. The predicted octanol–water partition coefficient (Wildman–Crippen LogP) is 1.17. The van der Waals surface area contributed by atoms with Crippen LogP contribution >= 0.6 is 11.8 Å². The van der Waals surface area contributed by atoms with Crippen molar-refractivity contribution in [2.24, 2.45) is 5.73 Å². The van der Waals surface area contributed by atoms with Gasteiger partial charge in [0.15, 0.2) is 0 Å². The number of carbonyl (C=O) groups is 1. The van der Waals surface area contributed by atoms with E-state index in [4.69, 9.17) is 10.2 Å². The van der Waals surface area contributed by atoms with Crippen molar-refractivity contribution in [1.29, 1.82) is 0 Å². The minimum atomic E-state index is -0.508. The maximum atomic E-state index is 11.7. The van der Waals surface area contributed by atoms with Crippen molar-refractivity contribution in [3.63, 3.8) is 0 Å². The molecule has 0 aliphatic carbocycles. The molecule has 0 spiro atoms. The van der Waals surface area contributed by atoms with Crippen LogP contribution in [0.4, 0.5) is 11.4 Å². The molecule has 0 atom stereocenters. The number of nitro groups is 1. The fourth-order valence-electron chi connectivity index (χ4n) is 1.37. The van der Waals surface area contributed by atoms with Crippen LogP contribution < -0.4 is 11.1 Å². The van der Waals surface area contributed by atoms with Gasteiger partial charge in [-0.3, -0.25) is 14.9 Å². The first kappa shape index (κ1) is 14.9. The molecule has 110 valence electrons. The molecule has 2 rings (SSSR count). The van der Waals surface area contributed by atoms with E-state index in [1.807, 2.05) is 0 Å². The molecule has 0 radical (unpaired) electrons. The van der Waals surface area contributed by atoms with Crippen LogP contribution in [0.3, 0.4) is 0 Å². The summed E-state index contributed by atoms with van der Waals surface area (Å²) in [5.41, 5.74) is 5.75. The molecule has 1 heterocycles. The third-order valence-electron chi connectivity index (χ3n) is 2.31. The Kier molecular flexibility index (Phi) is 4.85. The van der Waals surface area contributed by atoms with Gasteiger partial charge < -0.3 is 15.5 Å². The lowest BCUT2D eigenvalue weighted by molar-refractivity contribution is -0.384. The molecule has 1 aromatic heterocycles. The van der Waals surface area contributed by atoms with Crippen LogP contribution in [0.5, 0.6) is 0 Å². The lowest BCUT2D eigenvalue weighted by atomic mass is 10.3. The van der Waals surface area contributed by atoms with Crippen molar-refractivity contribution in [1.82, 2.24) is 10.2 Å². The summed E-state index contributed by atoms with van der Waals surface area (Å²) >= 11 is 1.08. The third-order valence-corrected chi connectivity index (χ3v) is 3.13. The molecule has 21 heavy (non-hydrogen) atoms. The minimum Gasteiger partial charge on any atom is -0.415 e. The Bertz CT molecular complexity index is 642. The summed E-state index contributed by atoms with van der Waals surface area (Å²) in [5, 5.41) is 20.7. The lowest BCUT2D eigenvalue weighted by Gasteiger charge is -2.03. The fraction of sp³-hybridized carbons (Fsp3) is 0.182. The van der Waals surface area contributed by atoms with E-state index in [0.717, 1.165) is 11.8 Å². The number of nitro benzene ring substituents is 1. The van der Waals surface area contributed by atoms with E-state index >= 15 is 0 Å². The lowest BCUT2D eigenvalue weighted by Crippen LogP contribution is -2.13. The molecule has 0 saturated carbocycles. The summed E-state index contributed by atoms with van der Waals surface area (Å²) in [7, 11) is 0. The number of benzene rings is 1. The van der Waals surface area contributed by atoms with E-state index in [-0.39, 0.29) is 29.1 Å². The maximum Gasteiger partial charge on any atom is 0.277 e. The smallest absolute Gasteiger partial charge is 0.277 e. The van der Waals surface area contributed by atoms with Gasteiger partial charge in [-0.1, -0.05) is 11.8 Å². The van der Waals surface area contributed by atoms with Gasteiger partial charge in [0.25, 0.3) is 10.9 Å². The average molecular weight is 309 g/mol. The highest BCUT2D eigenvalue weighted by molar-refractivity contribution is 7.99. The molecular formula is C11H11N5O4S. The van der Waals surface area contributed by atoms with Gasteiger partial charge in [0, 0.05) is 17.8 Å². The summed E-state index contributed by atoms with van der Waals surface area (Å²) in [6.45, 7) is 0.141. The zero-order valence-electron chi connectivity index (χ0n) is 10.7. The van der Waals surface area contributed by atoms with Crippen molar-refractivity contribution < 1.29 is 14.1 Å². The number of hydrogen-bond donors (Lipinski definition) is 2. The van der Waals surface area contributed by atoms with Gasteiger partial charge in [-0.05, 0) is 12.1 Å². The predicted molar refractivity (Wildman–Crippen MR) is 74.6 cm³/mol. The molecule has 0 unspecified atom stereocenters. The van der Waals surface area contributed by atoms with E-state index in [1.54, 1.807) is 0 Å². The van der Waals surface area contributed by atoms with Crippen molar-refractivity contribution in [3.8, 4) is 0 Å². The van der Waals surface area contributed by atoms with Gasteiger partial charge in [-0.2, -0.15) is 0 Å². The van der Waals surface area contributed by atoms with Gasteiger partial charge in [-0.15, -0.1) is 10.2 Å². The Hall–Kier alpha value is -2.46. The van der Waals surface area contributed by atoms with Crippen molar-refractivity contribution in [2.75, 3.05) is 11.1 Å². The Morgan fingerprint density at radius 2 is 2.10 bits per heavy atom. The number of carbonyl (C=O) groups excluding carboxylic acids is 1. The largest absolute Gasteiger partial charge is 0.415 e. The topological polar surface area (TPSA) is 137 Å². The molecule has 0 saturated heterocycles. The summed E-state index contributed by atoms with van der Waals surface area (Å²) in [6.07, 6.45) is 0. The molecule has 9 nitrogen and oxygen atoms in total. The van der Waals surface area contributed by atoms with Crippen LogP contribution in [0.25, 0.3) is 0 Å². The average Bonchev–Trinajstić information content (AvgIpc) is 2.94. The second-order valence-electron chi connectivity index (χ2n) is 3.81. The number of hydrogen-bond acceptors (Lipinski definition) is 8. The first-order chi connectivity index (χ1) is 10.1. The van der Waals surface area contributed by atoms with Crippen LogP contribution in [0.2, 0.25) is 0 Å². The number of thioether (sulfide) groups is 1. The Morgan fingerprint density at radius 3 is 2.67 bits per heavy atom. The Morgan fingerprint density at radius 1 is 1.38 bits per heavy atom. The molecule has 3 N–H and O–H groups in total. The van der Waals surface area contributed by atoms with Crippen LogP contribution in [0.15, 0.2) is 33.9 Å². The highest BCUT2D eigenvalue weighted by Gasteiger charge is 2.10. The summed E-state index contributed by atoms with van der Waals surface area (Å²) in [4.78, 5) is 21.7. The Balaban J connectivity index is 1.85. The van der Waals surface area contributed by atoms with Crippen molar-refractivity contribution in [2.45, 2.75) is 11.8 Å². The van der Waals surface area contributed by atoms with Crippen LogP contribution in [0, 0.1) is 10.1 Å². The number of anilines is 1. The minimum absolute atomic E-state index is 0.0393.